The molecule has 1 rings (SSSR count). The molecule has 1 fully saturated rings. The van der Waals surface area contributed by atoms with E-state index in [0.29, 0.717) is 0 Å². The van der Waals surface area contributed by atoms with Crippen LogP contribution in [0, 0.1) is 0 Å². The highest BCUT2D eigenvalue weighted by Gasteiger charge is 2.09. The lowest BCUT2D eigenvalue weighted by Crippen LogP contribution is -2.30. The molecule has 0 unspecified atom stereocenters. The van der Waals surface area contributed by atoms with Crippen LogP contribution in [0.3, 0.4) is 0 Å². The van der Waals surface area contributed by atoms with Crippen LogP contribution in [0.15, 0.2) is 28.4 Å². The molecule has 1 saturated heterocycles. The maximum Gasteiger partial charge on any atom is 0.0330 e. The van der Waals surface area contributed by atoms with Crippen LogP contribution in [-0.2, 0) is 0 Å². The Balaban J connectivity index is 2.56. The van der Waals surface area contributed by atoms with E-state index in [0.717, 1.165) is 38.3 Å². The summed E-state index contributed by atoms with van der Waals surface area (Å²) < 4.78 is 0. The maximum absolute atomic E-state index is 4.48. The summed E-state index contributed by atoms with van der Waals surface area (Å²) in [5, 5.41) is 3.44. The van der Waals surface area contributed by atoms with Gasteiger partial charge < -0.3 is 5.32 Å². The molecule has 18 heavy (non-hydrogen) atoms. The standard InChI is InChI=1S/C15H27N3/c1-4-7-15(12-17-14(3)5-2)13-18-10-6-8-16-9-11-18/h5,7,12,16H,4,6,8-11,13H2,1-3H3/b14-5-,15-7+,17-12-. The van der Waals surface area contributed by atoms with E-state index in [1.54, 1.807) is 0 Å². The van der Waals surface area contributed by atoms with E-state index in [4.69, 9.17) is 0 Å². The number of rotatable bonds is 5. The number of hydrogen-bond acceptors (Lipinski definition) is 3. The molecule has 0 bridgehead atoms. The molecule has 0 saturated carbocycles. The summed E-state index contributed by atoms with van der Waals surface area (Å²) in [7, 11) is 0. The van der Waals surface area contributed by atoms with Gasteiger partial charge in [0.25, 0.3) is 0 Å². The summed E-state index contributed by atoms with van der Waals surface area (Å²) in [6, 6.07) is 0. The zero-order valence-corrected chi connectivity index (χ0v) is 12.1. The minimum Gasteiger partial charge on any atom is -0.315 e. The van der Waals surface area contributed by atoms with Gasteiger partial charge in [-0.25, -0.2) is 0 Å². The lowest BCUT2D eigenvalue weighted by atomic mass is 10.2. The second-order valence-electron chi connectivity index (χ2n) is 4.76. The van der Waals surface area contributed by atoms with E-state index in [1.807, 2.05) is 26.1 Å². The van der Waals surface area contributed by atoms with E-state index in [2.05, 4.69) is 28.2 Å². The van der Waals surface area contributed by atoms with Gasteiger partial charge in [0.15, 0.2) is 0 Å². The number of nitrogens with one attached hydrogen (secondary N) is 1. The van der Waals surface area contributed by atoms with Crippen LogP contribution in [0.1, 0.15) is 33.6 Å². The molecule has 0 aliphatic carbocycles. The van der Waals surface area contributed by atoms with Crippen molar-refractivity contribution in [2.24, 2.45) is 4.99 Å². The molecular formula is C15H27N3. The molecule has 3 nitrogen and oxygen atoms in total. The van der Waals surface area contributed by atoms with E-state index >= 15 is 0 Å². The van der Waals surface area contributed by atoms with Crippen LogP contribution in [0.4, 0.5) is 0 Å². The van der Waals surface area contributed by atoms with Crippen molar-refractivity contribution in [1.29, 1.82) is 0 Å². The van der Waals surface area contributed by atoms with Crippen molar-refractivity contribution in [2.75, 3.05) is 32.7 Å². The van der Waals surface area contributed by atoms with Crippen molar-refractivity contribution in [3.63, 3.8) is 0 Å². The fourth-order valence-corrected chi connectivity index (χ4v) is 2.00. The van der Waals surface area contributed by atoms with Crippen LogP contribution in [-0.4, -0.2) is 43.8 Å². The average molecular weight is 249 g/mol. The summed E-state index contributed by atoms with van der Waals surface area (Å²) >= 11 is 0. The van der Waals surface area contributed by atoms with Crippen molar-refractivity contribution < 1.29 is 0 Å². The number of hydrogen-bond donors (Lipinski definition) is 1. The molecule has 102 valence electrons. The van der Waals surface area contributed by atoms with Crippen LogP contribution >= 0.6 is 0 Å². The first-order chi connectivity index (χ1) is 8.76. The fraction of sp³-hybridized carbons (Fsp3) is 0.667. The molecule has 0 aromatic carbocycles. The Hall–Kier alpha value is -0.930. The van der Waals surface area contributed by atoms with Crippen molar-refractivity contribution >= 4 is 6.21 Å². The Morgan fingerprint density at radius 2 is 2.17 bits per heavy atom. The minimum absolute atomic E-state index is 1.02. The SMILES string of the molecule is C\C=C(C)/N=C\C(=C/CC)CN1CCCNCC1. The first-order valence-electron chi connectivity index (χ1n) is 7.05. The van der Waals surface area contributed by atoms with Crippen LogP contribution in [0.5, 0.6) is 0 Å². The van der Waals surface area contributed by atoms with Crippen molar-refractivity contribution in [3.8, 4) is 0 Å². The van der Waals surface area contributed by atoms with Crippen molar-refractivity contribution in [2.45, 2.75) is 33.6 Å². The van der Waals surface area contributed by atoms with Crippen molar-refractivity contribution in [1.82, 2.24) is 10.2 Å². The molecule has 1 aliphatic rings. The molecule has 0 radical (unpaired) electrons. The lowest BCUT2D eigenvalue weighted by molar-refractivity contribution is 0.321. The average Bonchev–Trinajstić information content (AvgIpc) is 2.64. The van der Waals surface area contributed by atoms with E-state index in [-0.39, 0.29) is 0 Å². The number of nitrogens with zero attached hydrogens (tertiary/aromatic N) is 2. The van der Waals surface area contributed by atoms with Gasteiger partial charge in [0.05, 0.1) is 0 Å². The van der Waals surface area contributed by atoms with Gasteiger partial charge in [-0.2, -0.15) is 0 Å². The van der Waals surface area contributed by atoms with Crippen molar-refractivity contribution in [3.05, 3.63) is 23.4 Å². The first-order valence-corrected chi connectivity index (χ1v) is 7.05. The maximum atomic E-state index is 4.48. The van der Waals surface area contributed by atoms with Gasteiger partial charge in [-0.15, -0.1) is 0 Å². The topological polar surface area (TPSA) is 27.6 Å². The molecule has 0 aromatic heterocycles. The van der Waals surface area contributed by atoms with Gasteiger partial charge in [-0.1, -0.05) is 19.1 Å². The predicted molar refractivity (Wildman–Crippen MR) is 80.2 cm³/mol. The Bertz CT molecular complexity index is 308. The normalized spacial score (nSPS) is 20.4. The van der Waals surface area contributed by atoms with Gasteiger partial charge in [-0.3, -0.25) is 9.89 Å². The second kappa shape index (κ2) is 9.06. The summed E-state index contributed by atoms with van der Waals surface area (Å²) in [6.07, 6.45) is 8.66. The smallest absolute Gasteiger partial charge is 0.0330 e. The highest BCUT2D eigenvalue weighted by molar-refractivity contribution is 5.79. The fourth-order valence-electron chi connectivity index (χ4n) is 2.00. The third-order valence-corrected chi connectivity index (χ3v) is 3.16. The third-order valence-electron chi connectivity index (χ3n) is 3.16. The van der Waals surface area contributed by atoms with E-state index in [9.17, 15) is 0 Å². The molecule has 0 spiro atoms. The molecule has 3 heteroatoms. The van der Waals surface area contributed by atoms with E-state index in [1.165, 1.54) is 18.5 Å². The molecule has 0 amide bonds. The Labute approximate surface area is 112 Å². The van der Waals surface area contributed by atoms with Gasteiger partial charge in [0.1, 0.15) is 0 Å². The zero-order valence-electron chi connectivity index (χ0n) is 12.1. The number of allylic oxidation sites excluding steroid dienone is 3. The van der Waals surface area contributed by atoms with Crippen LogP contribution in [0.2, 0.25) is 0 Å². The Morgan fingerprint density at radius 1 is 1.33 bits per heavy atom. The molecule has 1 aliphatic heterocycles. The van der Waals surface area contributed by atoms with Gasteiger partial charge in [-0.05, 0) is 45.4 Å². The molecule has 0 aromatic rings. The Kier molecular flexibility index (Phi) is 7.62. The first kappa shape index (κ1) is 15.1. The third kappa shape index (κ3) is 6.12. The zero-order chi connectivity index (χ0) is 13.2. The quantitative estimate of drug-likeness (QED) is 0.759. The minimum atomic E-state index is 1.02. The van der Waals surface area contributed by atoms with Gasteiger partial charge >= 0.3 is 0 Å². The predicted octanol–water partition coefficient (Wildman–Crippen LogP) is 2.61. The lowest BCUT2D eigenvalue weighted by Gasteiger charge is -2.19. The molecular weight excluding hydrogens is 222 g/mol. The highest BCUT2D eigenvalue weighted by atomic mass is 15.1. The van der Waals surface area contributed by atoms with Gasteiger partial charge in [0, 0.05) is 31.5 Å². The second-order valence-corrected chi connectivity index (χ2v) is 4.76. The Morgan fingerprint density at radius 3 is 2.89 bits per heavy atom. The number of aliphatic imine (C=N–C) groups is 1. The summed E-state index contributed by atoms with van der Waals surface area (Å²) in [6.45, 7) is 11.8. The van der Waals surface area contributed by atoms with Gasteiger partial charge in [0.2, 0.25) is 0 Å². The monoisotopic (exact) mass is 249 g/mol. The van der Waals surface area contributed by atoms with Crippen LogP contribution in [0.25, 0.3) is 0 Å². The molecule has 1 heterocycles. The van der Waals surface area contributed by atoms with Crippen LogP contribution < -0.4 is 5.32 Å². The summed E-state index contributed by atoms with van der Waals surface area (Å²) in [5.74, 6) is 0. The van der Waals surface area contributed by atoms with E-state index < -0.39 is 0 Å². The summed E-state index contributed by atoms with van der Waals surface area (Å²) in [5.41, 5.74) is 2.41. The highest BCUT2D eigenvalue weighted by Crippen LogP contribution is 2.03. The summed E-state index contributed by atoms with van der Waals surface area (Å²) in [4.78, 5) is 6.99. The largest absolute Gasteiger partial charge is 0.315 e. The molecule has 1 N–H and O–H groups in total. The molecule has 0 atom stereocenters.